The van der Waals surface area contributed by atoms with E-state index in [9.17, 15) is 4.79 Å². The molecule has 1 atom stereocenters. The minimum Gasteiger partial charge on any atom is -0.316 e. The topological polar surface area (TPSA) is 41.5 Å². The Morgan fingerprint density at radius 3 is 3.25 bits per heavy atom. The predicted octanol–water partition coefficient (Wildman–Crippen LogP) is 0.878. The van der Waals surface area contributed by atoms with Crippen LogP contribution in [0.4, 0.5) is 0 Å². The monoisotopic (exact) mass is 166 g/mol. The zero-order valence-corrected chi connectivity index (χ0v) is 7.12. The first-order valence-electron chi connectivity index (χ1n) is 4.34. The fraction of sp³-hybridized carbons (Fsp3) is 0.667. The standard InChI is InChI=1S/C9H14N2O/c12-8-11-6-2-4-9-3-1-5-10-7-9/h2,4,9-10H,1,3,5-7H2/b4-2-. The highest BCUT2D eigenvalue weighted by Crippen LogP contribution is 2.10. The molecule has 0 aromatic heterocycles. The molecule has 1 rings (SSSR count). The van der Waals surface area contributed by atoms with Crippen LogP contribution in [-0.4, -0.2) is 25.7 Å². The minimum absolute atomic E-state index is 0.472. The first-order chi connectivity index (χ1) is 5.93. The highest BCUT2D eigenvalue weighted by Gasteiger charge is 2.08. The average molecular weight is 166 g/mol. The summed E-state index contributed by atoms with van der Waals surface area (Å²) in [5, 5.41) is 3.32. The fourth-order valence-electron chi connectivity index (χ4n) is 1.39. The Balaban J connectivity index is 2.19. The van der Waals surface area contributed by atoms with Crippen molar-refractivity contribution in [1.29, 1.82) is 0 Å². The second-order valence-corrected chi connectivity index (χ2v) is 2.97. The number of rotatable bonds is 3. The lowest BCUT2D eigenvalue weighted by Gasteiger charge is -2.19. The smallest absolute Gasteiger partial charge is 0.235 e. The number of isocyanates is 1. The molecule has 1 unspecified atom stereocenters. The maximum Gasteiger partial charge on any atom is 0.235 e. The molecule has 1 aliphatic rings. The van der Waals surface area contributed by atoms with Crippen LogP contribution >= 0.6 is 0 Å². The third-order valence-corrected chi connectivity index (χ3v) is 2.00. The molecule has 1 N–H and O–H groups in total. The molecule has 0 aliphatic carbocycles. The van der Waals surface area contributed by atoms with E-state index in [-0.39, 0.29) is 0 Å². The summed E-state index contributed by atoms with van der Waals surface area (Å²) in [5.41, 5.74) is 0. The number of nitrogens with one attached hydrogen (secondary N) is 1. The molecule has 3 nitrogen and oxygen atoms in total. The van der Waals surface area contributed by atoms with Crippen LogP contribution < -0.4 is 5.32 Å². The van der Waals surface area contributed by atoms with E-state index in [1.165, 1.54) is 18.9 Å². The molecule has 1 fully saturated rings. The van der Waals surface area contributed by atoms with E-state index in [1.807, 2.05) is 6.08 Å². The summed E-state index contributed by atoms with van der Waals surface area (Å²) in [4.78, 5) is 13.2. The molecule has 0 spiro atoms. The van der Waals surface area contributed by atoms with Gasteiger partial charge >= 0.3 is 0 Å². The van der Waals surface area contributed by atoms with Crippen molar-refractivity contribution in [3.05, 3.63) is 12.2 Å². The van der Waals surface area contributed by atoms with Crippen LogP contribution in [0.5, 0.6) is 0 Å². The molecule has 0 aromatic carbocycles. The van der Waals surface area contributed by atoms with Crippen LogP contribution in [-0.2, 0) is 4.79 Å². The largest absolute Gasteiger partial charge is 0.316 e. The molecule has 0 aromatic rings. The van der Waals surface area contributed by atoms with Gasteiger partial charge in [0.1, 0.15) is 0 Å². The van der Waals surface area contributed by atoms with Gasteiger partial charge in [-0.1, -0.05) is 12.2 Å². The van der Waals surface area contributed by atoms with Gasteiger partial charge in [-0.25, -0.2) is 9.79 Å². The Hall–Kier alpha value is -0.920. The summed E-state index contributed by atoms with van der Waals surface area (Å²) in [5.74, 6) is 0.626. The first kappa shape index (κ1) is 9.17. The van der Waals surface area contributed by atoms with Crippen molar-refractivity contribution in [3.63, 3.8) is 0 Å². The molecule has 3 heteroatoms. The van der Waals surface area contributed by atoms with Gasteiger partial charge in [-0.2, -0.15) is 0 Å². The summed E-state index contributed by atoms with van der Waals surface area (Å²) in [6.45, 7) is 2.66. The third kappa shape index (κ3) is 3.46. The van der Waals surface area contributed by atoms with Gasteiger partial charge in [0, 0.05) is 6.54 Å². The molecule has 12 heavy (non-hydrogen) atoms. The normalized spacial score (nSPS) is 23.8. The van der Waals surface area contributed by atoms with E-state index < -0.39 is 0 Å². The quantitative estimate of drug-likeness (QED) is 0.384. The second-order valence-electron chi connectivity index (χ2n) is 2.97. The van der Waals surface area contributed by atoms with Crippen molar-refractivity contribution in [2.45, 2.75) is 12.8 Å². The van der Waals surface area contributed by atoms with E-state index in [0.29, 0.717) is 12.5 Å². The predicted molar refractivity (Wildman–Crippen MR) is 47.7 cm³/mol. The molecule has 0 bridgehead atoms. The minimum atomic E-state index is 0.472. The molecular weight excluding hydrogens is 152 g/mol. The van der Waals surface area contributed by atoms with Crippen LogP contribution in [0, 0.1) is 5.92 Å². The number of hydrogen-bond acceptors (Lipinski definition) is 3. The zero-order chi connectivity index (χ0) is 8.65. The van der Waals surface area contributed by atoms with E-state index in [1.54, 1.807) is 0 Å². The van der Waals surface area contributed by atoms with Crippen LogP contribution in [0.25, 0.3) is 0 Å². The zero-order valence-electron chi connectivity index (χ0n) is 7.12. The lowest BCUT2D eigenvalue weighted by Crippen LogP contribution is -2.28. The maximum absolute atomic E-state index is 9.72. The Morgan fingerprint density at radius 2 is 2.58 bits per heavy atom. The fourth-order valence-corrected chi connectivity index (χ4v) is 1.39. The number of piperidine rings is 1. The van der Waals surface area contributed by atoms with Crippen molar-refractivity contribution in [2.24, 2.45) is 10.9 Å². The molecule has 66 valence electrons. The Kier molecular flexibility index (Phi) is 4.35. The lowest BCUT2D eigenvalue weighted by atomic mass is 9.99. The highest BCUT2D eigenvalue weighted by atomic mass is 16.1. The van der Waals surface area contributed by atoms with Crippen molar-refractivity contribution >= 4 is 6.08 Å². The van der Waals surface area contributed by atoms with E-state index in [0.717, 1.165) is 13.1 Å². The van der Waals surface area contributed by atoms with Gasteiger partial charge in [-0.3, -0.25) is 0 Å². The van der Waals surface area contributed by atoms with E-state index in [2.05, 4.69) is 16.4 Å². The molecule has 1 heterocycles. The Labute approximate surface area is 72.6 Å². The molecule has 1 saturated heterocycles. The van der Waals surface area contributed by atoms with Crippen molar-refractivity contribution < 1.29 is 4.79 Å². The van der Waals surface area contributed by atoms with Crippen LogP contribution in [0.15, 0.2) is 17.1 Å². The van der Waals surface area contributed by atoms with Crippen LogP contribution in [0.1, 0.15) is 12.8 Å². The number of aliphatic imine (C=N–C) groups is 1. The number of nitrogens with zero attached hydrogens (tertiary/aromatic N) is 1. The number of carbonyl (C=O) groups excluding carboxylic acids is 1. The summed E-state index contributed by atoms with van der Waals surface area (Å²) in [6, 6.07) is 0. The Morgan fingerprint density at radius 1 is 1.67 bits per heavy atom. The van der Waals surface area contributed by atoms with Gasteiger partial charge in [0.25, 0.3) is 0 Å². The van der Waals surface area contributed by atoms with Crippen LogP contribution in [0.3, 0.4) is 0 Å². The van der Waals surface area contributed by atoms with E-state index in [4.69, 9.17) is 0 Å². The third-order valence-electron chi connectivity index (χ3n) is 2.00. The first-order valence-corrected chi connectivity index (χ1v) is 4.34. The second kappa shape index (κ2) is 5.70. The van der Waals surface area contributed by atoms with Gasteiger partial charge < -0.3 is 5.32 Å². The van der Waals surface area contributed by atoms with Crippen molar-refractivity contribution in [2.75, 3.05) is 19.6 Å². The van der Waals surface area contributed by atoms with Crippen LogP contribution in [0.2, 0.25) is 0 Å². The number of hydrogen-bond donors (Lipinski definition) is 1. The molecule has 0 saturated carbocycles. The van der Waals surface area contributed by atoms with Gasteiger partial charge in [-0.05, 0) is 25.3 Å². The molecule has 1 aliphatic heterocycles. The van der Waals surface area contributed by atoms with E-state index >= 15 is 0 Å². The summed E-state index contributed by atoms with van der Waals surface area (Å²) in [7, 11) is 0. The van der Waals surface area contributed by atoms with Gasteiger partial charge in [0.05, 0.1) is 6.54 Å². The van der Waals surface area contributed by atoms with Gasteiger partial charge in [0.2, 0.25) is 6.08 Å². The SMILES string of the molecule is O=C=NC/C=C\C1CCCNC1. The summed E-state index contributed by atoms with van der Waals surface area (Å²) < 4.78 is 0. The molecule has 0 amide bonds. The van der Waals surface area contributed by atoms with Crippen molar-refractivity contribution in [1.82, 2.24) is 5.32 Å². The van der Waals surface area contributed by atoms with Gasteiger partial charge in [0.15, 0.2) is 0 Å². The Bertz CT molecular complexity index is 189. The highest BCUT2D eigenvalue weighted by molar-refractivity contribution is 5.33. The lowest BCUT2D eigenvalue weighted by molar-refractivity contribution is 0.438. The van der Waals surface area contributed by atoms with Crippen molar-refractivity contribution in [3.8, 4) is 0 Å². The summed E-state index contributed by atoms with van der Waals surface area (Å²) in [6.07, 6.45) is 8.06. The molecule has 0 radical (unpaired) electrons. The average Bonchev–Trinajstić information content (AvgIpc) is 2.14. The summed E-state index contributed by atoms with van der Waals surface area (Å²) >= 11 is 0. The molecular formula is C9H14N2O. The maximum atomic E-state index is 9.72. The van der Waals surface area contributed by atoms with Gasteiger partial charge in [-0.15, -0.1) is 0 Å².